The zero-order chi connectivity index (χ0) is 13.3. The number of unbranched alkanes of at least 4 members (excludes halogenated alkanes) is 1. The summed E-state index contributed by atoms with van der Waals surface area (Å²) in [6, 6.07) is 10.6. The predicted molar refractivity (Wildman–Crippen MR) is 80.2 cm³/mol. The fourth-order valence-electron chi connectivity index (χ4n) is 3.11. The van der Waals surface area contributed by atoms with Crippen LogP contribution in [0.2, 0.25) is 0 Å². The lowest BCUT2D eigenvalue weighted by atomic mass is 9.85. The van der Waals surface area contributed by atoms with Gasteiger partial charge in [0.1, 0.15) is 5.78 Å². The molecule has 0 spiro atoms. The monoisotopic (exact) mass is 258 g/mol. The average molecular weight is 258 g/mol. The van der Waals surface area contributed by atoms with Crippen molar-refractivity contribution in [2.75, 3.05) is 0 Å². The third kappa shape index (κ3) is 5.59. The van der Waals surface area contributed by atoms with Gasteiger partial charge in [0, 0.05) is 12.8 Å². The van der Waals surface area contributed by atoms with Gasteiger partial charge in [-0.2, -0.15) is 0 Å². The summed E-state index contributed by atoms with van der Waals surface area (Å²) in [5.41, 5.74) is 1.39. The Kier molecular flexibility index (Phi) is 6.13. The van der Waals surface area contributed by atoms with Crippen LogP contribution in [-0.2, 0) is 11.2 Å². The number of carbonyl (C=O) groups is 1. The molecule has 1 aromatic rings. The highest BCUT2D eigenvalue weighted by Gasteiger charge is 2.16. The molecule has 1 nitrogen and oxygen atoms in total. The fourth-order valence-corrected chi connectivity index (χ4v) is 3.11. The van der Waals surface area contributed by atoms with Gasteiger partial charge in [-0.25, -0.2) is 0 Å². The number of ketones is 1. The van der Waals surface area contributed by atoms with E-state index >= 15 is 0 Å². The molecule has 1 aromatic carbocycles. The average Bonchev–Trinajstić information content (AvgIpc) is 2.46. The summed E-state index contributed by atoms with van der Waals surface area (Å²) in [5, 5.41) is 0. The molecule has 0 atom stereocenters. The van der Waals surface area contributed by atoms with E-state index in [0.717, 1.165) is 32.1 Å². The molecule has 0 N–H and O–H groups in total. The van der Waals surface area contributed by atoms with E-state index in [1.807, 2.05) is 0 Å². The summed E-state index contributed by atoms with van der Waals surface area (Å²) in [5.74, 6) is 1.20. The maximum absolute atomic E-state index is 11.9. The quantitative estimate of drug-likeness (QED) is 0.633. The van der Waals surface area contributed by atoms with Crippen LogP contribution < -0.4 is 0 Å². The molecule has 1 heteroatoms. The number of rotatable bonds is 7. The first-order chi connectivity index (χ1) is 9.34. The van der Waals surface area contributed by atoms with Crippen LogP contribution >= 0.6 is 0 Å². The third-order valence-corrected chi connectivity index (χ3v) is 4.25. The van der Waals surface area contributed by atoms with E-state index in [9.17, 15) is 4.79 Å². The van der Waals surface area contributed by atoms with E-state index in [1.165, 1.54) is 37.7 Å². The van der Waals surface area contributed by atoms with Crippen molar-refractivity contribution < 1.29 is 4.79 Å². The molecule has 0 unspecified atom stereocenters. The van der Waals surface area contributed by atoms with Gasteiger partial charge in [0.15, 0.2) is 0 Å². The first kappa shape index (κ1) is 14.3. The van der Waals surface area contributed by atoms with Crippen LogP contribution in [0.25, 0.3) is 0 Å². The molecule has 0 aromatic heterocycles. The van der Waals surface area contributed by atoms with Crippen molar-refractivity contribution in [3.8, 4) is 0 Å². The van der Waals surface area contributed by atoms with Gasteiger partial charge in [0.2, 0.25) is 0 Å². The van der Waals surface area contributed by atoms with Crippen molar-refractivity contribution in [2.45, 2.75) is 64.2 Å². The van der Waals surface area contributed by atoms with E-state index in [-0.39, 0.29) is 0 Å². The van der Waals surface area contributed by atoms with Gasteiger partial charge in [-0.3, -0.25) is 4.79 Å². The second-order valence-electron chi connectivity index (χ2n) is 5.94. The van der Waals surface area contributed by atoms with Crippen LogP contribution in [0.15, 0.2) is 30.3 Å². The van der Waals surface area contributed by atoms with Gasteiger partial charge >= 0.3 is 0 Å². The summed E-state index contributed by atoms with van der Waals surface area (Å²) >= 11 is 0. The first-order valence-electron chi connectivity index (χ1n) is 7.90. The molecule has 1 aliphatic carbocycles. The second kappa shape index (κ2) is 8.14. The minimum atomic E-state index is 0.500. The zero-order valence-electron chi connectivity index (χ0n) is 11.9. The van der Waals surface area contributed by atoms with Crippen molar-refractivity contribution in [3.63, 3.8) is 0 Å². The van der Waals surface area contributed by atoms with Crippen molar-refractivity contribution in [2.24, 2.45) is 5.92 Å². The minimum Gasteiger partial charge on any atom is -0.300 e. The Morgan fingerprint density at radius 3 is 2.47 bits per heavy atom. The molecule has 1 fully saturated rings. The Balaban J connectivity index is 1.56. The fraction of sp³-hybridized carbons (Fsp3) is 0.611. The maximum Gasteiger partial charge on any atom is 0.133 e. The summed E-state index contributed by atoms with van der Waals surface area (Å²) in [6.45, 7) is 0. The van der Waals surface area contributed by atoms with Crippen molar-refractivity contribution in [1.29, 1.82) is 0 Å². The van der Waals surface area contributed by atoms with E-state index in [4.69, 9.17) is 0 Å². The molecule has 0 heterocycles. The minimum absolute atomic E-state index is 0.500. The highest BCUT2D eigenvalue weighted by Crippen LogP contribution is 2.27. The largest absolute Gasteiger partial charge is 0.300 e. The standard InChI is InChI=1S/C18H26O/c19-18(15-17-12-5-2-6-13-17)14-8-7-11-16-9-3-1-4-10-16/h1,3-4,9-10,17H,2,5-8,11-15H2. The lowest BCUT2D eigenvalue weighted by molar-refractivity contribution is -0.120. The Hall–Kier alpha value is -1.11. The van der Waals surface area contributed by atoms with Crippen molar-refractivity contribution in [3.05, 3.63) is 35.9 Å². The smallest absolute Gasteiger partial charge is 0.133 e. The van der Waals surface area contributed by atoms with E-state index in [1.54, 1.807) is 0 Å². The van der Waals surface area contributed by atoms with Gasteiger partial charge in [-0.15, -0.1) is 0 Å². The van der Waals surface area contributed by atoms with Crippen LogP contribution in [-0.4, -0.2) is 5.78 Å². The highest BCUT2D eigenvalue weighted by molar-refractivity contribution is 5.78. The molecule has 1 aliphatic rings. The summed E-state index contributed by atoms with van der Waals surface area (Å²) in [7, 11) is 0. The number of hydrogen-bond donors (Lipinski definition) is 0. The van der Waals surface area contributed by atoms with Crippen LogP contribution in [0.1, 0.15) is 63.4 Å². The molecular weight excluding hydrogens is 232 g/mol. The topological polar surface area (TPSA) is 17.1 Å². The molecule has 2 rings (SSSR count). The van der Waals surface area contributed by atoms with Gasteiger partial charge in [-0.05, 0) is 30.7 Å². The van der Waals surface area contributed by atoms with E-state index in [0.29, 0.717) is 11.7 Å². The number of Topliss-reactive ketones (excluding diaryl/α,β-unsaturated/α-hetero) is 1. The summed E-state index contributed by atoms with van der Waals surface area (Å²) < 4.78 is 0. The molecule has 0 amide bonds. The molecule has 0 radical (unpaired) electrons. The summed E-state index contributed by atoms with van der Waals surface area (Å²) in [4.78, 5) is 11.9. The molecule has 0 aliphatic heterocycles. The molecule has 0 saturated heterocycles. The van der Waals surface area contributed by atoms with Crippen LogP contribution in [0, 0.1) is 5.92 Å². The van der Waals surface area contributed by atoms with Crippen molar-refractivity contribution >= 4 is 5.78 Å². The number of carbonyl (C=O) groups excluding carboxylic acids is 1. The predicted octanol–water partition coefficient (Wildman–Crippen LogP) is 4.94. The number of benzene rings is 1. The SMILES string of the molecule is O=C(CCCCc1ccccc1)CC1CCCCC1. The third-order valence-electron chi connectivity index (χ3n) is 4.25. The Morgan fingerprint density at radius 1 is 1.00 bits per heavy atom. The van der Waals surface area contributed by atoms with Crippen LogP contribution in [0.5, 0.6) is 0 Å². The Morgan fingerprint density at radius 2 is 1.74 bits per heavy atom. The van der Waals surface area contributed by atoms with E-state index in [2.05, 4.69) is 30.3 Å². The Labute approximate surface area is 117 Å². The second-order valence-corrected chi connectivity index (χ2v) is 5.94. The molecule has 19 heavy (non-hydrogen) atoms. The zero-order valence-corrected chi connectivity index (χ0v) is 11.9. The maximum atomic E-state index is 11.9. The highest BCUT2D eigenvalue weighted by atomic mass is 16.1. The summed E-state index contributed by atoms with van der Waals surface area (Å²) in [6.07, 6.45) is 11.6. The van der Waals surface area contributed by atoms with Crippen LogP contribution in [0.3, 0.4) is 0 Å². The van der Waals surface area contributed by atoms with Gasteiger partial charge < -0.3 is 0 Å². The van der Waals surface area contributed by atoms with Gasteiger partial charge in [-0.1, -0.05) is 62.4 Å². The van der Waals surface area contributed by atoms with Gasteiger partial charge in [0.25, 0.3) is 0 Å². The lowest BCUT2D eigenvalue weighted by Crippen LogP contribution is -2.11. The Bertz CT molecular complexity index is 363. The van der Waals surface area contributed by atoms with Crippen molar-refractivity contribution in [1.82, 2.24) is 0 Å². The van der Waals surface area contributed by atoms with Crippen LogP contribution in [0.4, 0.5) is 0 Å². The van der Waals surface area contributed by atoms with Gasteiger partial charge in [0.05, 0.1) is 0 Å². The normalized spacial score (nSPS) is 16.4. The lowest BCUT2D eigenvalue weighted by Gasteiger charge is -2.20. The molecule has 1 saturated carbocycles. The molecule has 0 bridgehead atoms. The number of aryl methyl sites for hydroxylation is 1. The molecular formula is C18H26O. The van der Waals surface area contributed by atoms with E-state index < -0.39 is 0 Å². The molecule has 104 valence electrons. The first-order valence-corrected chi connectivity index (χ1v) is 7.90. The number of hydrogen-bond acceptors (Lipinski definition) is 1.